The molecule has 0 saturated heterocycles. The van der Waals surface area contributed by atoms with E-state index in [9.17, 15) is 10.1 Å². The van der Waals surface area contributed by atoms with Crippen LogP contribution in [0.3, 0.4) is 0 Å². The molecule has 0 N–H and O–H groups in total. The van der Waals surface area contributed by atoms with Gasteiger partial charge >= 0.3 is 5.82 Å². The minimum atomic E-state index is -0.526. The Labute approximate surface area is 157 Å². The van der Waals surface area contributed by atoms with Crippen molar-refractivity contribution in [1.29, 1.82) is 0 Å². The highest BCUT2D eigenvalue weighted by Crippen LogP contribution is 2.24. The molecule has 138 valence electrons. The number of hydrogen-bond acceptors (Lipinski definition) is 7. The summed E-state index contributed by atoms with van der Waals surface area (Å²) in [7, 11) is 1.79. The van der Waals surface area contributed by atoms with Crippen molar-refractivity contribution in [3.05, 3.63) is 64.6 Å². The molecule has 28 heavy (non-hydrogen) atoms. The predicted molar refractivity (Wildman–Crippen MR) is 98.5 cm³/mol. The van der Waals surface area contributed by atoms with E-state index in [-0.39, 0.29) is 5.82 Å². The summed E-state index contributed by atoms with van der Waals surface area (Å²) < 4.78 is 4.72. The summed E-state index contributed by atoms with van der Waals surface area (Å²) >= 11 is 0. The molecule has 0 atom stereocenters. The first-order valence-corrected chi connectivity index (χ1v) is 8.40. The molecule has 0 aliphatic heterocycles. The third kappa shape index (κ3) is 2.48. The van der Waals surface area contributed by atoms with Crippen LogP contribution in [0.15, 0.2) is 48.9 Å². The molecule has 11 heteroatoms. The van der Waals surface area contributed by atoms with E-state index in [0.29, 0.717) is 29.4 Å². The molecular weight excluding hydrogens is 362 g/mol. The smallest absolute Gasteiger partial charge is 0.358 e. The highest BCUT2D eigenvalue weighted by Gasteiger charge is 2.23. The third-order valence-electron chi connectivity index (χ3n) is 4.43. The average Bonchev–Trinajstić information content (AvgIpc) is 3.39. The molecule has 0 radical (unpaired) electrons. The van der Waals surface area contributed by atoms with Crippen molar-refractivity contribution < 1.29 is 4.92 Å². The summed E-state index contributed by atoms with van der Waals surface area (Å²) in [4.78, 5) is 19.6. The fraction of sp³-hybridized carbons (Fsp3) is 0.118. The van der Waals surface area contributed by atoms with E-state index in [4.69, 9.17) is 0 Å². The van der Waals surface area contributed by atoms with E-state index in [1.807, 2.05) is 30.3 Å². The number of aryl methyl sites for hydroxylation is 1. The second-order valence-corrected chi connectivity index (χ2v) is 6.24. The lowest BCUT2D eigenvalue weighted by atomic mass is 10.2. The van der Waals surface area contributed by atoms with Crippen molar-refractivity contribution in [2.45, 2.75) is 6.54 Å². The Morgan fingerprint density at radius 2 is 1.96 bits per heavy atom. The van der Waals surface area contributed by atoms with Gasteiger partial charge in [0.25, 0.3) is 0 Å². The van der Waals surface area contributed by atoms with Crippen LogP contribution in [0.4, 0.5) is 5.82 Å². The Morgan fingerprint density at radius 3 is 2.75 bits per heavy atom. The van der Waals surface area contributed by atoms with Gasteiger partial charge in [0, 0.05) is 7.05 Å². The van der Waals surface area contributed by atoms with Crippen molar-refractivity contribution in [2.24, 2.45) is 7.05 Å². The highest BCUT2D eigenvalue weighted by atomic mass is 16.6. The molecule has 0 bridgehead atoms. The number of rotatable bonds is 4. The van der Waals surface area contributed by atoms with Gasteiger partial charge < -0.3 is 10.1 Å². The number of fused-ring (bicyclic) bond motifs is 3. The first-order chi connectivity index (χ1) is 13.6. The van der Waals surface area contributed by atoms with Crippen molar-refractivity contribution in [3.8, 4) is 11.5 Å². The van der Waals surface area contributed by atoms with Crippen LogP contribution in [-0.4, -0.2) is 44.1 Å². The van der Waals surface area contributed by atoms with Gasteiger partial charge in [-0.3, -0.25) is 4.68 Å². The second-order valence-electron chi connectivity index (χ2n) is 6.24. The quantitative estimate of drug-likeness (QED) is 0.347. The fourth-order valence-electron chi connectivity index (χ4n) is 3.10. The normalized spacial score (nSPS) is 11.5. The van der Waals surface area contributed by atoms with Gasteiger partial charge in [-0.1, -0.05) is 30.3 Å². The zero-order valence-corrected chi connectivity index (χ0v) is 14.7. The fourth-order valence-corrected chi connectivity index (χ4v) is 3.10. The lowest BCUT2D eigenvalue weighted by molar-refractivity contribution is -0.389. The van der Waals surface area contributed by atoms with Gasteiger partial charge in [0.15, 0.2) is 11.3 Å². The molecule has 0 amide bonds. The molecule has 4 aromatic heterocycles. The number of hydrogen-bond donors (Lipinski definition) is 0. The average molecular weight is 375 g/mol. The van der Waals surface area contributed by atoms with Crippen molar-refractivity contribution >= 4 is 22.5 Å². The molecule has 0 spiro atoms. The van der Waals surface area contributed by atoms with E-state index in [0.717, 1.165) is 10.9 Å². The summed E-state index contributed by atoms with van der Waals surface area (Å²) in [6.45, 7) is 0.361. The van der Waals surface area contributed by atoms with Gasteiger partial charge in [-0.15, -0.1) is 5.10 Å². The molecule has 0 fully saturated rings. The third-order valence-corrected chi connectivity index (χ3v) is 4.43. The monoisotopic (exact) mass is 375 g/mol. The zero-order valence-electron chi connectivity index (χ0n) is 14.7. The standard InChI is InChI=1S/C17H13N9O2/c1-23-16-12(8-19-23)17-20-15(22-25(17)10-18-16)13-7-14(26(27)28)21-24(13)9-11-5-3-2-4-6-11/h2-8,10H,9H2,1H3. The van der Waals surface area contributed by atoms with Crippen LogP contribution in [0, 0.1) is 10.1 Å². The minimum Gasteiger partial charge on any atom is -0.358 e. The van der Waals surface area contributed by atoms with Gasteiger partial charge in [-0.05, 0) is 10.5 Å². The molecule has 5 rings (SSSR count). The summed E-state index contributed by atoms with van der Waals surface area (Å²) in [5.74, 6) is 0.0733. The van der Waals surface area contributed by atoms with Crippen LogP contribution in [-0.2, 0) is 13.6 Å². The van der Waals surface area contributed by atoms with Gasteiger partial charge in [0.05, 0.1) is 29.3 Å². The van der Waals surface area contributed by atoms with Crippen LogP contribution in [0.2, 0.25) is 0 Å². The molecule has 0 unspecified atom stereocenters. The maximum Gasteiger partial charge on any atom is 0.390 e. The maximum absolute atomic E-state index is 11.3. The zero-order chi connectivity index (χ0) is 19.3. The van der Waals surface area contributed by atoms with Crippen LogP contribution in [0.5, 0.6) is 0 Å². The van der Waals surface area contributed by atoms with Gasteiger partial charge in [0.2, 0.25) is 5.82 Å². The summed E-state index contributed by atoms with van der Waals surface area (Å²) in [5.41, 5.74) is 2.66. The van der Waals surface area contributed by atoms with Gasteiger partial charge in [-0.2, -0.15) is 9.78 Å². The minimum absolute atomic E-state index is 0.255. The van der Waals surface area contributed by atoms with Crippen LogP contribution >= 0.6 is 0 Å². The van der Waals surface area contributed by atoms with Crippen molar-refractivity contribution in [2.75, 3.05) is 0 Å². The Hall–Kier alpha value is -4.15. The lowest BCUT2D eigenvalue weighted by Crippen LogP contribution is -2.05. The Morgan fingerprint density at radius 1 is 1.14 bits per heavy atom. The molecule has 0 saturated carbocycles. The first kappa shape index (κ1) is 16.1. The van der Waals surface area contributed by atoms with Crippen LogP contribution in [0.25, 0.3) is 28.2 Å². The Bertz CT molecular complexity index is 1330. The number of benzene rings is 1. The Kier molecular flexibility index (Phi) is 3.41. The molecule has 1 aromatic carbocycles. The molecule has 5 aromatic rings. The summed E-state index contributed by atoms with van der Waals surface area (Å²) in [5, 5.41) is 24.8. The molecule has 4 heterocycles. The van der Waals surface area contributed by atoms with E-state index in [1.165, 1.54) is 15.3 Å². The molecule has 0 aliphatic carbocycles. The number of nitrogens with zero attached hydrogens (tertiary/aromatic N) is 9. The topological polar surface area (TPSA) is 122 Å². The van der Waals surface area contributed by atoms with E-state index in [2.05, 4.69) is 25.3 Å². The van der Waals surface area contributed by atoms with Gasteiger partial charge in [0.1, 0.15) is 12.0 Å². The van der Waals surface area contributed by atoms with Crippen molar-refractivity contribution in [3.63, 3.8) is 0 Å². The summed E-state index contributed by atoms with van der Waals surface area (Å²) in [6.07, 6.45) is 3.21. The van der Waals surface area contributed by atoms with E-state index >= 15 is 0 Å². The highest BCUT2D eigenvalue weighted by molar-refractivity contribution is 5.88. The number of aromatic nitrogens is 8. The Balaban J connectivity index is 1.67. The SMILES string of the molecule is Cn1ncc2c1ncn1nc(-c3cc([N+](=O)[O-])nn3Cc3ccccc3)nc21. The first-order valence-electron chi connectivity index (χ1n) is 8.40. The maximum atomic E-state index is 11.3. The second kappa shape index (κ2) is 5.94. The molecule has 0 aliphatic rings. The molecule has 11 nitrogen and oxygen atoms in total. The van der Waals surface area contributed by atoms with Crippen LogP contribution < -0.4 is 0 Å². The molecular formula is C17H13N9O2. The van der Waals surface area contributed by atoms with E-state index < -0.39 is 4.92 Å². The van der Waals surface area contributed by atoms with Crippen molar-refractivity contribution in [1.82, 2.24) is 39.1 Å². The lowest BCUT2D eigenvalue weighted by Gasteiger charge is -2.00. The van der Waals surface area contributed by atoms with Gasteiger partial charge in [-0.25, -0.2) is 14.5 Å². The predicted octanol–water partition coefficient (Wildman–Crippen LogP) is 1.83. The largest absolute Gasteiger partial charge is 0.390 e. The van der Waals surface area contributed by atoms with Crippen LogP contribution in [0.1, 0.15) is 5.56 Å². The van der Waals surface area contributed by atoms with E-state index in [1.54, 1.807) is 24.3 Å². The summed E-state index contributed by atoms with van der Waals surface area (Å²) in [6, 6.07) is 11.0. The number of nitro groups is 1.